The number of carbonyl (C=O) groups excluding carboxylic acids is 1. The van der Waals surface area contributed by atoms with E-state index in [2.05, 4.69) is 38.7 Å². The first-order valence-corrected chi connectivity index (χ1v) is 14.9. The number of nitrogens with one attached hydrogen (secondary N) is 2. The lowest BCUT2D eigenvalue weighted by Gasteiger charge is -2.31. The van der Waals surface area contributed by atoms with Crippen LogP contribution in [0.4, 0.5) is 17.2 Å². The largest absolute Gasteiger partial charge is 0.490 e. The molecule has 0 radical (unpaired) electrons. The number of rotatable bonds is 11. The normalized spacial score (nSPS) is 14.0. The number of fused-ring (bicyclic) bond motifs is 1. The molecule has 1 saturated heterocycles. The first-order valence-electron chi connectivity index (χ1n) is 14.9. The molecule has 1 aliphatic rings. The van der Waals surface area contributed by atoms with Gasteiger partial charge in [-0.15, -0.1) is 0 Å². The van der Waals surface area contributed by atoms with Crippen LogP contribution in [0.5, 0.6) is 11.5 Å². The van der Waals surface area contributed by atoms with Crippen molar-refractivity contribution >= 4 is 33.9 Å². The number of nitrogens with zero attached hydrogens (tertiary/aromatic N) is 2. The van der Waals surface area contributed by atoms with Gasteiger partial charge in [-0.05, 0) is 99.0 Å². The number of aromatic nitrogens is 1. The van der Waals surface area contributed by atoms with E-state index in [4.69, 9.17) is 15.2 Å². The third-order valence-corrected chi connectivity index (χ3v) is 7.47. The summed E-state index contributed by atoms with van der Waals surface area (Å²) >= 11 is 0. The Morgan fingerprint density at radius 2 is 1.81 bits per heavy atom. The topological polar surface area (TPSA) is 102 Å². The van der Waals surface area contributed by atoms with Crippen LogP contribution in [0.3, 0.4) is 0 Å². The lowest BCUT2D eigenvalue weighted by atomic mass is 10.0. The van der Waals surface area contributed by atoms with Crippen LogP contribution < -0.4 is 30.7 Å². The number of para-hydroxylation sites is 1. The second-order valence-corrected chi connectivity index (χ2v) is 10.9. The standard InChI is InChI=1S/C34H41N5O3/c1-4-41-31-21-25(12-15-30(31)42-23(2)3)32(38-27-13-14-28-24(20-27)16-17-36-33(28)35)34(40)37-22-26-10-6-7-11-29(26)39-18-8-5-9-19-39/h6-7,10-17,20-21,23,32,38H,4-5,8-9,18-19,22H2,1-3H3,(H2,35,36)(H,37,40). The van der Waals surface area contributed by atoms with Crippen molar-refractivity contribution in [3.8, 4) is 11.5 Å². The molecule has 0 spiro atoms. The third-order valence-electron chi connectivity index (χ3n) is 7.47. The van der Waals surface area contributed by atoms with Gasteiger partial charge in [-0.25, -0.2) is 4.98 Å². The fourth-order valence-electron chi connectivity index (χ4n) is 5.47. The molecule has 1 amide bonds. The van der Waals surface area contributed by atoms with Crippen molar-refractivity contribution in [2.75, 3.05) is 35.6 Å². The van der Waals surface area contributed by atoms with E-state index < -0.39 is 6.04 Å². The van der Waals surface area contributed by atoms with Crippen molar-refractivity contribution in [2.45, 2.75) is 58.7 Å². The summed E-state index contributed by atoms with van der Waals surface area (Å²) in [4.78, 5) is 20.6. The van der Waals surface area contributed by atoms with E-state index in [1.54, 1.807) is 6.20 Å². The molecule has 0 aliphatic carbocycles. The Hall–Kier alpha value is -4.46. The average molecular weight is 568 g/mol. The van der Waals surface area contributed by atoms with Crippen molar-refractivity contribution in [1.82, 2.24) is 10.3 Å². The SMILES string of the molecule is CCOc1cc(C(Nc2ccc3c(N)nccc3c2)C(=O)NCc2ccccc2N2CCCCC2)ccc1OC(C)C. The fraction of sp³-hybridized carbons (Fsp3) is 0.353. The van der Waals surface area contributed by atoms with Crippen molar-refractivity contribution in [3.05, 3.63) is 84.1 Å². The molecule has 1 aromatic heterocycles. The van der Waals surface area contributed by atoms with Crippen LogP contribution in [0.25, 0.3) is 10.8 Å². The monoisotopic (exact) mass is 567 g/mol. The van der Waals surface area contributed by atoms with E-state index in [1.807, 2.05) is 69.3 Å². The molecular formula is C34H41N5O3. The number of hydrogen-bond donors (Lipinski definition) is 3. The average Bonchev–Trinajstić information content (AvgIpc) is 3.00. The smallest absolute Gasteiger partial charge is 0.247 e. The summed E-state index contributed by atoms with van der Waals surface area (Å²) < 4.78 is 11.9. The molecule has 4 aromatic rings. The maximum absolute atomic E-state index is 14.0. The number of anilines is 3. The van der Waals surface area contributed by atoms with Crippen molar-refractivity contribution in [3.63, 3.8) is 0 Å². The summed E-state index contributed by atoms with van der Waals surface area (Å²) in [6, 6.07) is 21.1. The van der Waals surface area contributed by atoms with Crippen molar-refractivity contribution < 1.29 is 14.3 Å². The van der Waals surface area contributed by atoms with Crippen molar-refractivity contribution in [1.29, 1.82) is 0 Å². The van der Waals surface area contributed by atoms with Crippen LogP contribution in [-0.4, -0.2) is 36.7 Å². The summed E-state index contributed by atoms with van der Waals surface area (Å²) in [6.07, 6.45) is 5.34. The molecule has 42 heavy (non-hydrogen) atoms. The molecule has 3 aromatic carbocycles. The Bertz CT molecular complexity index is 1520. The third kappa shape index (κ3) is 6.87. The molecule has 8 heteroatoms. The van der Waals surface area contributed by atoms with E-state index >= 15 is 0 Å². The molecular weight excluding hydrogens is 526 g/mol. The Morgan fingerprint density at radius 1 is 1.00 bits per heavy atom. The second-order valence-electron chi connectivity index (χ2n) is 10.9. The molecule has 1 unspecified atom stereocenters. The highest BCUT2D eigenvalue weighted by atomic mass is 16.5. The van der Waals surface area contributed by atoms with Crippen LogP contribution in [-0.2, 0) is 11.3 Å². The van der Waals surface area contributed by atoms with Gasteiger partial charge in [0.15, 0.2) is 11.5 Å². The van der Waals surface area contributed by atoms with Gasteiger partial charge in [-0.3, -0.25) is 4.79 Å². The van der Waals surface area contributed by atoms with Gasteiger partial charge in [-0.2, -0.15) is 0 Å². The Kier molecular flexibility index (Phi) is 9.31. The summed E-state index contributed by atoms with van der Waals surface area (Å²) in [5, 5.41) is 8.49. The number of hydrogen-bond acceptors (Lipinski definition) is 7. The van der Waals surface area contributed by atoms with Gasteiger partial charge < -0.3 is 30.7 Å². The summed E-state index contributed by atoms with van der Waals surface area (Å²) in [5.74, 6) is 1.59. The molecule has 0 bridgehead atoms. The van der Waals surface area contributed by atoms with Crippen LogP contribution in [0.1, 0.15) is 57.2 Å². The van der Waals surface area contributed by atoms with Crippen LogP contribution >= 0.6 is 0 Å². The molecule has 2 heterocycles. The molecule has 1 fully saturated rings. The summed E-state index contributed by atoms with van der Waals surface area (Å²) in [6.45, 7) is 8.89. The van der Waals surface area contributed by atoms with Crippen LogP contribution in [0.2, 0.25) is 0 Å². The second kappa shape index (κ2) is 13.5. The molecule has 220 valence electrons. The Morgan fingerprint density at radius 3 is 2.60 bits per heavy atom. The van der Waals surface area contributed by atoms with Gasteiger partial charge in [-0.1, -0.05) is 24.3 Å². The Balaban J connectivity index is 1.44. The van der Waals surface area contributed by atoms with E-state index in [0.29, 0.717) is 30.5 Å². The summed E-state index contributed by atoms with van der Waals surface area (Å²) in [5.41, 5.74) is 9.94. The zero-order valence-corrected chi connectivity index (χ0v) is 24.7. The molecule has 8 nitrogen and oxygen atoms in total. The molecule has 1 aliphatic heterocycles. The highest BCUT2D eigenvalue weighted by Crippen LogP contribution is 2.34. The predicted molar refractivity (Wildman–Crippen MR) is 170 cm³/mol. The number of benzene rings is 3. The van der Waals surface area contributed by atoms with Crippen LogP contribution in [0, 0.1) is 0 Å². The van der Waals surface area contributed by atoms with Gasteiger partial charge in [0.1, 0.15) is 11.9 Å². The van der Waals surface area contributed by atoms with E-state index in [1.165, 1.54) is 24.9 Å². The maximum atomic E-state index is 14.0. The molecule has 1 atom stereocenters. The number of ether oxygens (including phenoxy) is 2. The number of carbonyl (C=O) groups is 1. The first-order chi connectivity index (χ1) is 20.4. The number of nitrogens with two attached hydrogens (primary N) is 1. The van der Waals surface area contributed by atoms with Gasteiger partial charge in [0, 0.05) is 42.6 Å². The van der Waals surface area contributed by atoms with Crippen molar-refractivity contribution in [2.24, 2.45) is 0 Å². The van der Waals surface area contributed by atoms with Gasteiger partial charge in [0.25, 0.3) is 0 Å². The number of nitrogen functional groups attached to an aromatic ring is 1. The number of pyridine rings is 1. The zero-order valence-electron chi connectivity index (χ0n) is 24.7. The minimum atomic E-state index is -0.684. The van der Waals surface area contributed by atoms with Gasteiger partial charge >= 0.3 is 0 Å². The lowest BCUT2D eigenvalue weighted by Crippen LogP contribution is -2.34. The minimum Gasteiger partial charge on any atom is -0.490 e. The van der Waals surface area contributed by atoms with E-state index in [0.717, 1.165) is 40.7 Å². The molecule has 4 N–H and O–H groups in total. The Labute approximate surface area is 248 Å². The number of piperidine rings is 1. The molecule has 5 rings (SSSR count). The van der Waals surface area contributed by atoms with Gasteiger partial charge in [0.2, 0.25) is 5.91 Å². The fourth-order valence-corrected chi connectivity index (χ4v) is 5.47. The summed E-state index contributed by atoms with van der Waals surface area (Å²) in [7, 11) is 0. The minimum absolute atomic E-state index is 0.00762. The quantitative estimate of drug-likeness (QED) is 0.191. The highest BCUT2D eigenvalue weighted by Gasteiger charge is 2.24. The molecule has 0 saturated carbocycles. The predicted octanol–water partition coefficient (Wildman–Crippen LogP) is 6.46. The highest BCUT2D eigenvalue weighted by molar-refractivity contribution is 5.94. The van der Waals surface area contributed by atoms with E-state index in [-0.39, 0.29) is 12.0 Å². The lowest BCUT2D eigenvalue weighted by molar-refractivity contribution is -0.122. The van der Waals surface area contributed by atoms with E-state index in [9.17, 15) is 4.79 Å². The zero-order chi connectivity index (χ0) is 29.5. The maximum Gasteiger partial charge on any atom is 0.247 e. The first kappa shape index (κ1) is 29.0. The number of amides is 1. The van der Waals surface area contributed by atoms with Gasteiger partial charge in [0.05, 0.1) is 12.7 Å². The van der Waals surface area contributed by atoms with Crippen LogP contribution in [0.15, 0.2) is 72.9 Å².